The minimum absolute atomic E-state index is 0.523. The van der Waals surface area contributed by atoms with Crippen LogP contribution in [0.25, 0.3) is 0 Å². The van der Waals surface area contributed by atoms with Crippen LogP contribution in [0, 0.1) is 17.4 Å². The molecule has 0 spiro atoms. The summed E-state index contributed by atoms with van der Waals surface area (Å²) < 4.78 is 4.55. The van der Waals surface area contributed by atoms with Crippen LogP contribution in [0.4, 0.5) is 0 Å². The van der Waals surface area contributed by atoms with E-state index in [9.17, 15) is 0 Å². The Bertz CT molecular complexity index is 95.6. The molecule has 0 rings (SSSR count). The number of hydrogen-bond donors (Lipinski definition) is 0. The second-order valence-corrected chi connectivity index (χ2v) is 2.30. The van der Waals surface area contributed by atoms with Gasteiger partial charge in [0.25, 0.3) is 6.26 Å². The van der Waals surface area contributed by atoms with Gasteiger partial charge in [-0.2, -0.15) is 5.26 Å². The van der Waals surface area contributed by atoms with Gasteiger partial charge in [-0.3, -0.25) is 0 Å². The minimum atomic E-state index is 0.523. The van der Waals surface area contributed by atoms with Gasteiger partial charge in [0.2, 0.25) is 0 Å². The molecule has 52 valence electrons. The lowest BCUT2D eigenvalue weighted by molar-refractivity contribution is 0.213. The maximum atomic E-state index is 8.01. The minimum Gasteiger partial charge on any atom is -0.427 e. The molecule has 0 amide bonds. The fourth-order valence-corrected chi connectivity index (χ4v) is 0.756. The molecule has 0 saturated carbocycles. The van der Waals surface area contributed by atoms with Crippen molar-refractivity contribution in [2.24, 2.45) is 5.92 Å². The van der Waals surface area contributed by atoms with Gasteiger partial charge in [-0.05, 0) is 12.3 Å². The van der Waals surface area contributed by atoms with Gasteiger partial charge in [-0.1, -0.05) is 20.3 Å². The third-order valence-electron chi connectivity index (χ3n) is 1.21. The molecule has 0 bridgehead atoms. The van der Waals surface area contributed by atoms with Crippen molar-refractivity contribution in [2.75, 3.05) is 6.61 Å². The Morgan fingerprint density at radius 3 is 2.78 bits per heavy atom. The fourth-order valence-electron chi connectivity index (χ4n) is 0.756. The summed E-state index contributed by atoms with van der Waals surface area (Å²) in [6.45, 7) is 4.79. The summed E-state index contributed by atoms with van der Waals surface area (Å²) in [4.78, 5) is 0. The van der Waals surface area contributed by atoms with Crippen molar-refractivity contribution < 1.29 is 4.74 Å². The average Bonchev–Trinajstić information content (AvgIpc) is 1.85. The van der Waals surface area contributed by atoms with Gasteiger partial charge < -0.3 is 4.74 Å². The molecule has 2 nitrogen and oxygen atoms in total. The number of rotatable bonds is 4. The van der Waals surface area contributed by atoms with E-state index in [0.717, 1.165) is 12.8 Å². The number of hydrogen-bond acceptors (Lipinski definition) is 2. The Balaban J connectivity index is 3.07. The van der Waals surface area contributed by atoms with Gasteiger partial charge in [0.15, 0.2) is 0 Å². The molecule has 0 aliphatic rings. The normalized spacial score (nSPS) is 12.1. The van der Waals surface area contributed by atoms with Crippen molar-refractivity contribution in [3.8, 4) is 6.26 Å². The zero-order chi connectivity index (χ0) is 7.11. The van der Waals surface area contributed by atoms with E-state index in [1.54, 1.807) is 6.26 Å². The summed E-state index contributed by atoms with van der Waals surface area (Å²) in [6, 6.07) is 0. The summed E-state index contributed by atoms with van der Waals surface area (Å²) in [5.74, 6) is 0.523. The van der Waals surface area contributed by atoms with Gasteiger partial charge in [0, 0.05) is 0 Å². The van der Waals surface area contributed by atoms with Crippen LogP contribution in [-0.4, -0.2) is 6.61 Å². The maximum Gasteiger partial charge on any atom is 0.286 e. The Morgan fingerprint density at radius 2 is 2.33 bits per heavy atom. The van der Waals surface area contributed by atoms with Crippen LogP contribution in [0.2, 0.25) is 0 Å². The third kappa shape index (κ3) is 5.16. The topological polar surface area (TPSA) is 33.0 Å². The summed E-state index contributed by atoms with van der Waals surface area (Å²) in [5, 5.41) is 8.01. The maximum absolute atomic E-state index is 8.01. The zero-order valence-corrected chi connectivity index (χ0v) is 6.05. The van der Waals surface area contributed by atoms with Crippen LogP contribution in [0.15, 0.2) is 0 Å². The van der Waals surface area contributed by atoms with E-state index in [1.165, 1.54) is 0 Å². The number of nitriles is 1. The Kier molecular flexibility index (Phi) is 5.00. The van der Waals surface area contributed by atoms with Crippen molar-refractivity contribution in [1.82, 2.24) is 0 Å². The van der Waals surface area contributed by atoms with Gasteiger partial charge >= 0.3 is 0 Å². The molecule has 0 aromatic rings. The summed E-state index contributed by atoms with van der Waals surface area (Å²) in [6.07, 6.45) is 3.96. The van der Waals surface area contributed by atoms with Crippen LogP contribution < -0.4 is 0 Å². The molecular weight excluding hydrogens is 114 g/mol. The first-order valence-corrected chi connectivity index (χ1v) is 3.32. The second kappa shape index (κ2) is 5.43. The molecule has 1 unspecified atom stereocenters. The van der Waals surface area contributed by atoms with Gasteiger partial charge in [-0.15, -0.1) is 0 Å². The summed E-state index contributed by atoms with van der Waals surface area (Å²) in [5.41, 5.74) is 0. The first kappa shape index (κ1) is 8.29. The largest absolute Gasteiger partial charge is 0.427 e. The predicted octanol–water partition coefficient (Wildman–Crippen LogP) is 1.92. The number of ether oxygens (including phenoxy) is 1. The van der Waals surface area contributed by atoms with Gasteiger partial charge in [0.1, 0.15) is 6.61 Å². The van der Waals surface area contributed by atoms with Crippen LogP contribution >= 0.6 is 0 Å². The van der Waals surface area contributed by atoms with E-state index in [0.29, 0.717) is 12.5 Å². The third-order valence-corrected chi connectivity index (χ3v) is 1.21. The Morgan fingerprint density at radius 1 is 1.67 bits per heavy atom. The monoisotopic (exact) mass is 127 g/mol. The molecule has 0 aliphatic carbocycles. The van der Waals surface area contributed by atoms with E-state index >= 15 is 0 Å². The molecule has 0 fully saturated rings. The molecule has 1 atom stereocenters. The highest BCUT2D eigenvalue weighted by atomic mass is 16.5. The molecule has 0 radical (unpaired) electrons. The van der Waals surface area contributed by atoms with E-state index < -0.39 is 0 Å². The van der Waals surface area contributed by atoms with Gasteiger partial charge in [-0.25, -0.2) is 0 Å². The van der Waals surface area contributed by atoms with E-state index in [4.69, 9.17) is 5.26 Å². The second-order valence-electron chi connectivity index (χ2n) is 2.30. The molecule has 0 N–H and O–H groups in total. The lowest BCUT2D eigenvalue weighted by Gasteiger charge is -2.04. The molecule has 0 aliphatic heterocycles. The molecule has 0 heterocycles. The van der Waals surface area contributed by atoms with Crippen LogP contribution in [0.5, 0.6) is 0 Å². The molecule has 0 aromatic heterocycles. The summed E-state index contributed by atoms with van der Waals surface area (Å²) >= 11 is 0. The van der Waals surface area contributed by atoms with Crippen LogP contribution in [0.1, 0.15) is 26.7 Å². The highest BCUT2D eigenvalue weighted by Gasteiger charge is 1.98. The van der Waals surface area contributed by atoms with Crippen molar-refractivity contribution in [1.29, 1.82) is 5.26 Å². The van der Waals surface area contributed by atoms with Crippen molar-refractivity contribution in [3.63, 3.8) is 0 Å². The quantitative estimate of drug-likeness (QED) is 0.540. The lowest BCUT2D eigenvalue weighted by Crippen LogP contribution is -2.01. The van der Waals surface area contributed by atoms with Crippen molar-refractivity contribution in [3.05, 3.63) is 0 Å². The Hall–Kier alpha value is -0.710. The molecular formula is C7H13NO. The van der Waals surface area contributed by atoms with Crippen LogP contribution in [0.3, 0.4) is 0 Å². The van der Waals surface area contributed by atoms with Crippen molar-refractivity contribution in [2.45, 2.75) is 26.7 Å². The smallest absolute Gasteiger partial charge is 0.286 e. The van der Waals surface area contributed by atoms with Gasteiger partial charge in [0.05, 0.1) is 0 Å². The first-order valence-electron chi connectivity index (χ1n) is 3.32. The Labute approximate surface area is 56.4 Å². The average molecular weight is 127 g/mol. The first-order chi connectivity index (χ1) is 4.31. The summed E-state index contributed by atoms with van der Waals surface area (Å²) in [7, 11) is 0. The highest BCUT2D eigenvalue weighted by molar-refractivity contribution is 4.54. The zero-order valence-electron chi connectivity index (χ0n) is 6.05. The lowest BCUT2D eigenvalue weighted by atomic mass is 10.1. The number of nitrogens with zero attached hydrogens (tertiary/aromatic N) is 1. The molecule has 9 heavy (non-hydrogen) atoms. The standard InChI is InChI=1S/C7H13NO/c1-3-4-7(2)5-9-6-8/h7H,3-5H2,1-2H3. The fraction of sp³-hybridized carbons (Fsp3) is 0.857. The SMILES string of the molecule is CCCC(C)COC#N. The van der Waals surface area contributed by atoms with Crippen molar-refractivity contribution >= 4 is 0 Å². The van der Waals surface area contributed by atoms with Crippen LogP contribution in [-0.2, 0) is 4.74 Å². The molecule has 0 aromatic carbocycles. The molecule has 2 heteroatoms. The highest BCUT2D eigenvalue weighted by Crippen LogP contribution is 2.03. The van der Waals surface area contributed by atoms with E-state index in [-0.39, 0.29) is 0 Å². The van der Waals surface area contributed by atoms with E-state index in [2.05, 4.69) is 18.6 Å². The predicted molar refractivity (Wildman–Crippen MR) is 35.6 cm³/mol. The van der Waals surface area contributed by atoms with E-state index in [1.807, 2.05) is 0 Å². The molecule has 0 saturated heterocycles.